The molecule has 23 heavy (non-hydrogen) atoms. The van der Waals surface area contributed by atoms with E-state index in [2.05, 4.69) is 46.1 Å². The molecule has 0 atom stereocenters. The van der Waals surface area contributed by atoms with Crippen molar-refractivity contribution >= 4 is 5.69 Å². The van der Waals surface area contributed by atoms with Gasteiger partial charge in [-0.2, -0.15) is 0 Å². The lowest BCUT2D eigenvalue weighted by Crippen LogP contribution is -2.30. The summed E-state index contributed by atoms with van der Waals surface area (Å²) in [5, 5.41) is 0. The summed E-state index contributed by atoms with van der Waals surface area (Å²) in [6, 6.07) is 11.4. The summed E-state index contributed by atoms with van der Waals surface area (Å²) in [5.74, 6) is 0.992. The molecule has 0 fully saturated rings. The summed E-state index contributed by atoms with van der Waals surface area (Å²) >= 11 is 0. The molecule has 1 aliphatic heterocycles. The topological polar surface area (TPSA) is 42.2 Å². The number of halogens is 1. The van der Waals surface area contributed by atoms with E-state index in [1.807, 2.05) is 0 Å². The molecule has 0 radical (unpaired) electrons. The van der Waals surface area contributed by atoms with Crippen molar-refractivity contribution in [2.24, 2.45) is 0 Å². The van der Waals surface area contributed by atoms with Crippen molar-refractivity contribution in [2.45, 2.75) is 19.9 Å². The Morgan fingerprint density at radius 1 is 1.22 bits per heavy atom. The summed E-state index contributed by atoms with van der Waals surface area (Å²) in [6.07, 6.45) is 1.98. The van der Waals surface area contributed by atoms with Gasteiger partial charge in [0.25, 0.3) is 0 Å². The van der Waals surface area contributed by atoms with E-state index < -0.39 is 0 Å². The zero-order chi connectivity index (χ0) is 15.8. The van der Waals surface area contributed by atoms with Crippen LogP contribution in [0.5, 0.6) is 0 Å². The molecule has 0 N–H and O–H groups in total. The number of oxazole rings is 1. The fraction of sp³-hybridized carbons (Fsp3) is 0.222. The predicted octanol–water partition coefficient (Wildman–Crippen LogP) is 3.75. The highest BCUT2D eigenvalue weighted by Crippen LogP contribution is 2.28. The zero-order valence-electron chi connectivity index (χ0n) is 12.8. The molecule has 116 valence electrons. The van der Waals surface area contributed by atoms with Gasteiger partial charge in [-0.05, 0) is 36.8 Å². The van der Waals surface area contributed by atoms with Gasteiger partial charge in [-0.1, -0.05) is 12.1 Å². The van der Waals surface area contributed by atoms with Gasteiger partial charge in [0.2, 0.25) is 5.89 Å². The van der Waals surface area contributed by atoms with Crippen molar-refractivity contribution in [2.75, 3.05) is 11.4 Å². The summed E-state index contributed by atoms with van der Waals surface area (Å²) < 4.78 is 18.8. The van der Waals surface area contributed by atoms with Crippen LogP contribution in [0.2, 0.25) is 0 Å². The minimum Gasteiger partial charge on any atom is -0.439 e. The Morgan fingerprint density at radius 3 is 2.91 bits per heavy atom. The van der Waals surface area contributed by atoms with Gasteiger partial charge < -0.3 is 9.32 Å². The van der Waals surface area contributed by atoms with Crippen LogP contribution >= 0.6 is 0 Å². The second kappa shape index (κ2) is 5.50. The first-order chi connectivity index (χ1) is 11.2. The van der Waals surface area contributed by atoms with E-state index in [0.29, 0.717) is 18.1 Å². The van der Waals surface area contributed by atoms with Crippen LogP contribution in [0.3, 0.4) is 0 Å². The fourth-order valence-electron chi connectivity index (χ4n) is 2.86. The summed E-state index contributed by atoms with van der Waals surface area (Å²) in [7, 11) is 0. The van der Waals surface area contributed by atoms with Crippen molar-refractivity contribution < 1.29 is 8.81 Å². The zero-order valence-corrected chi connectivity index (χ0v) is 12.8. The van der Waals surface area contributed by atoms with E-state index in [0.717, 1.165) is 24.4 Å². The molecule has 3 heterocycles. The maximum absolute atomic E-state index is 13.0. The second-order valence-electron chi connectivity index (χ2n) is 5.76. The molecule has 0 unspecified atom stereocenters. The normalized spacial score (nSPS) is 13.9. The van der Waals surface area contributed by atoms with Gasteiger partial charge in [-0.3, -0.25) is 0 Å². The summed E-state index contributed by atoms with van der Waals surface area (Å²) in [4.78, 5) is 10.9. The predicted molar refractivity (Wildman–Crippen MR) is 85.6 cm³/mol. The van der Waals surface area contributed by atoms with Crippen LogP contribution in [0.25, 0.3) is 11.6 Å². The third-order valence-corrected chi connectivity index (χ3v) is 4.04. The molecule has 3 aromatic rings. The highest BCUT2D eigenvalue weighted by Gasteiger charge is 2.23. The molecule has 4 rings (SSSR count). The molecule has 4 nitrogen and oxygen atoms in total. The monoisotopic (exact) mass is 309 g/mol. The van der Waals surface area contributed by atoms with Gasteiger partial charge >= 0.3 is 0 Å². The fourth-order valence-corrected chi connectivity index (χ4v) is 2.86. The first-order valence-corrected chi connectivity index (χ1v) is 7.61. The number of pyridine rings is 1. The maximum atomic E-state index is 13.0. The van der Waals surface area contributed by atoms with E-state index in [-0.39, 0.29) is 5.82 Å². The standard InChI is InChI=1S/C18H16FN3O/c1-12-3-2-4-14(9-12)22-8-7-17-16(11-22)21-18(23-17)15-6-5-13(19)10-20-15/h2-6,9-10H,7-8,11H2,1H3. The molecule has 0 saturated carbocycles. The van der Waals surface area contributed by atoms with Crippen molar-refractivity contribution in [3.05, 3.63) is 65.4 Å². The molecule has 0 spiro atoms. The Balaban J connectivity index is 1.62. The van der Waals surface area contributed by atoms with E-state index in [1.165, 1.54) is 23.5 Å². The van der Waals surface area contributed by atoms with Crippen LogP contribution in [-0.2, 0) is 13.0 Å². The molecule has 0 amide bonds. The third kappa shape index (κ3) is 2.70. The number of hydrogen-bond donors (Lipinski definition) is 0. The Morgan fingerprint density at radius 2 is 2.13 bits per heavy atom. The van der Waals surface area contributed by atoms with Crippen LogP contribution in [0.4, 0.5) is 10.1 Å². The number of aryl methyl sites for hydroxylation is 1. The first kappa shape index (κ1) is 13.9. The number of hydrogen-bond acceptors (Lipinski definition) is 4. The number of anilines is 1. The average Bonchev–Trinajstić information content (AvgIpc) is 2.98. The van der Waals surface area contributed by atoms with E-state index in [4.69, 9.17) is 4.42 Å². The molecule has 0 bridgehead atoms. The molecular formula is C18H16FN3O. The molecule has 0 saturated heterocycles. The van der Waals surface area contributed by atoms with Crippen LogP contribution in [0.1, 0.15) is 17.0 Å². The molecule has 1 aromatic carbocycles. The highest BCUT2D eigenvalue weighted by atomic mass is 19.1. The molecule has 1 aliphatic rings. The lowest BCUT2D eigenvalue weighted by atomic mass is 10.1. The van der Waals surface area contributed by atoms with Crippen LogP contribution < -0.4 is 4.90 Å². The Hall–Kier alpha value is -2.69. The van der Waals surface area contributed by atoms with Gasteiger partial charge in [0.1, 0.15) is 23.0 Å². The van der Waals surface area contributed by atoms with Crippen molar-refractivity contribution in [1.82, 2.24) is 9.97 Å². The van der Waals surface area contributed by atoms with Gasteiger partial charge in [-0.25, -0.2) is 14.4 Å². The number of rotatable bonds is 2. The third-order valence-electron chi connectivity index (χ3n) is 4.04. The second-order valence-corrected chi connectivity index (χ2v) is 5.76. The lowest BCUT2D eigenvalue weighted by Gasteiger charge is -2.27. The van der Waals surface area contributed by atoms with Crippen molar-refractivity contribution in [3.8, 4) is 11.6 Å². The van der Waals surface area contributed by atoms with Crippen molar-refractivity contribution in [3.63, 3.8) is 0 Å². The summed E-state index contributed by atoms with van der Waals surface area (Å²) in [5.41, 5.74) is 3.92. The molecular weight excluding hydrogens is 293 g/mol. The number of aromatic nitrogens is 2. The lowest BCUT2D eigenvalue weighted by molar-refractivity contribution is 0.497. The minimum absolute atomic E-state index is 0.365. The van der Waals surface area contributed by atoms with Gasteiger partial charge in [0.15, 0.2) is 0 Å². The smallest absolute Gasteiger partial charge is 0.245 e. The quantitative estimate of drug-likeness (QED) is 0.723. The SMILES string of the molecule is Cc1cccc(N2CCc3oc(-c4ccc(F)cn4)nc3C2)c1. The van der Waals surface area contributed by atoms with Crippen LogP contribution in [0.15, 0.2) is 47.0 Å². The van der Waals surface area contributed by atoms with Crippen LogP contribution in [-0.4, -0.2) is 16.5 Å². The van der Waals surface area contributed by atoms with Gasteiger partial charge in [-0.15, -0.1) is 0 Å². The molecule has 2 aromatic heterocycles. The minimum atomic E-state index is -0.365. The first-order valence-electron chi connectivity index (χ1n) is 7.61. The number of nitrogens with zero attached hydrogens (tertiary/aromatic N) is 3. The maximum Gasteiger partial charge on any atom is 0.245 e. The van der Waals surface area contributed by atoms with E-state index in [9.17, 15) is 4.39 Å². The molecule has 0 aliphatic carbocycles. The molecule has 5 heteroatoms. The number of fused-ring (bicyclic) bond motifs is 1. The van der Waals surface area contributed by atoms with E-state index in [1.54, 1.807) is 6.07 Å². The Bertz CT molecular complexity index is 842. The van der Waals surface area contributed by atoms with Gasteiger partial charge in [0.05, 0.1) is 12.7 Å². The largest absolute Gasteiger partial charge is 0.439 e. The summed E-state index contributed by atoms with van der Waals surface area (Å²) in [6.45, 7) is 3.69. The van der Waals surface area contributed by atoms with Crippen LogP contribution in [0, 0.1) is 12.7 Å². The average molecular weight is 309 g/mol. The number of benzene rings is 1. The highest BCUT2D eigenvalue weighted by molar-refractivity contribution is 5.52. The Kier molecular flexibility index (Phi) is 3.33. The van der Waals surface area contributed by atoms with Gasteiger partial charge in [0, 0.05) is 18.7 Å². The van der Waals surface area contributed by atoms with E-state index >= 15 is 0 Å². The Labute approximate surface area is 133 Å². The van der Waals surface area contributed by atoms with Crippen molar-refractivity contribution in [1.29, 1.82) is 0 Å².